The number of amides is 1. The third kappa shape index (κ3) is 3.65. The highest BCUT2D eigenvalue weighted by atomic mass is 35.5. The van der Waals surface area contributed by atoms with Gasteiger partial charge in [0.05, 0.1) is 28.9 Å². The van der Waals surface area contributed by atoms with Gasteiger partial charge in [0.15, 0.2) is 5.13 Å². The van der Waals surface area contributed by atoms with E-state index in [2.05, 4.69) is 4.98 Å². The number of methoxy groups -OCH3 is 1. The van der Waals surface area contributed by atoms with Crippen LogP contribution in [0.3, 0.4) is 0 Å². The lowest BCUT2D eigenvalue weighted by atomic mass is 9.95. The van der Waals surface area contributed by atoms with Gasteiger partial charge in [-0.3, -0.25) is 14.5 Å². The molecule has 4 aromatic rings. The Balaban J connectivity index is 1.72. The third-order valence-corrected chi connectivity index (χ3v) is 6.74. The van der Waals surface area contributed by atoms with Crippen LogP contribution in [0.1, 0.15) is 17.2 Å². The molecule has 0 spiro atoms. The number of ketones is 1. The smallest absolute Gasteiger partial charge is 0.301 e. The van der Waals surface area contributed by atoms with Crippen LogP contribution in [-0.4, -0.2) is 28.9 Å². The Morgan fingerprint density at radius 2 is 1.79 bits per heavy atom. The van der Waals surface area contributed by atoms with Gasteiger partial charge in [0, 0.05) is 10.6 Å². The molecule has 33 heavy (non-hydrogen) atoms. The Hall–Kier alpha value is -3.68. The van der Waals surface area contributed by atoms with E-state index in [4.69, 9.17) is 16.3 Å². The van der Waals surface area contributed by atoms with Gasteiger partial charge in [0.25, 0.3) is 5.78 Å². The lowest BCUT2D eigenvalue weighted by Crippen LogP contribution is -2.29. The molecule has 3 aromatic carbocycles. The lowest BCUT2D eigenvalue weighted by Gasteiger charge is -2.23. The summed E-state index contributed by atoms with van der Waals surface area (Å²) in [5.74, 6) is -1.09. The first-order valence-corrected chi connectivity index (χ1v) is 11.2. The molecule has 6 nitrogen and oxygen atoms in total. The number of benzene rings is 3. The molecule has 1 atom stereocenters. The number of aromatic nitrogens is 1. The largest absolute Gasteiger partial charge is 0.507 e. The van der Waals surface area contributed by atoms with Crippen molar-refractivity contribution in [3.05, 3.63) is 94.5 Å². The minimum atomic E-state index is -0.857. The molecule has 164 valence electrons. The minimum absolute atomic E-state index is 0.00496. The van der Waals surface area contributed by atoms with Crippen LogP contribution in [0, 0.1) is 0 Å². The van der Waals surface area contributed by atoms with Crippen molar-refractivity contribution in [3.8, 4) is 5.75 Å². The van der Waals surface area contributed by atoms with E-state index in [0.29, 0.717) is 32.5 Å². The van der Waals surface area contributed by atoms with Gasteiger partial charge in [-0.05, 0) is 35.9 Å². The fourth-order valence-corrected chi connectivity index (χ4v) is 5.01. The van der Waals surface area contributed by atoms with Crippen molar-refractivity contribution in [1.29, 1.82) is 0 Å². The number of nitrogens with zero attached hydrogens (tertiary/aromatic N) is 2. The second-order valence-corrected chi connectivity index (χ2v) is 8.86. The number of halogens is 1. The molecule has 1 aliphatic rings. The molecule has 1 aliphatic heterocycles. The summed E-state index contributed by atoms with van der Waals surface area (Å²) in [4.78, 5) is 32.4. The van der Waals surface area contributed by atoms with Crippen LogP contribution in [0.5, 0.6) is 5.75 Å². The summed E-state index contributed by atoms with van der Waals surface area (Å²) in [5, 5.41) is 12.0. The van der Waals surface area contributed by atoms with Gasteiger partial charge >= 0.3 is 5.91 Å². The second-order valence-electron chi connectivity index (χ2n) is 7.42. The zero-order chi connectivity index (χ0) is 23.1. The van der Waals surface area contributed by atoms with Gasteiger partial charge in [-0.1, -0.05) is 65.4 Å². The summed E-state index contributed by atoms with van der Waals surface area (Å²) in [6, 6.07) is 20.1. The molecule has 2 heterocycles. The van der Waals surface area contributed by atoms with Crippen LogP contribution in [0.15, 0.2) is 78.4 Å². The van der Waals surface area contributed by atoms with Crippen molar-refractivity contribution in [3.63, 3.8) is 0 Å². The Morgan fingerprint density at radius 1 is 1.06 bits per heavy atom. The monoisotopic (exact) mass is 476 g/mol. The molecule has 1 N–H and O–H groups in total. The molecular formula is C25H17ClN2O4S. The van der Waals surface area contributed by atoms with Crippen LogP contribution < -0.4 is 9.64 Å². The maximum atomic E-state index is 13.2. The highest BCUT2D eigenvalue weighted by Crippen LogP contribution is 2.44. The summed E-state index contributed by atoms with van der Waals surface area (Å²) in [6.45, 7) is 0. The number of aliphatic hydroxyl groups excluding tert-OH is 1. The molecule has 1 fully saturated rings. The van der Waals surface area contributed by atoms with E-state index < -0.39 is 17.7 Å². The first-order chi connectivity index (χ1) is 16.0. The molecule has 8 heteroatoms. The Morgan fingerprint density at radius 3 is 2.48 bits per heavy atom. The number of aliphatic hydroxyl groups is 1. The van der Waals surface area contributed by atoms with E-state index >= 15 is 0 Å². The molecule has 5 rings (SSSR count). The maximum absolute atomic E-state index is 13.2. The SMILES string of the molecule is COc1ccc2nc(N3C(=O)C(=O)C(=C(O)c4ccccc4)C3c3ccc(Cl)cc3)sc2c1. The molecule has 0 aliphatic carbocycles. The number of hydrogen-bond acceptors (Lipinski definition) is 6. The summed E-state index contributed by atoms with van der Waals surface area (Å²) in [7, 11) is 1.58. The first-order valence-electron chi connectivity index (χ1n) is 10.0. The van der Waals surface area contributed by atoms with Crippen molar-refractivity contribution >= 4 is 55.7 Å². The number of carbonyl (C=O) groups is 2. The zero-order valence-corrected chi connectivity index (χ0v) is 18.9. The fraction of sp³-hybridized carbons (Fsp3) is 0.0800. The van der Waals surface area contributed by atoms with E-state index in [1.54, 1.807) is 73.8 Å². The number of thiazole rings is 1. The number of carbonyl (C=O) groups excluding carboxylic acids is 2. The predicted octanol–water partition coefficient (Wildman–Crippen LogP) is 5.58. The highest BCUT2D eigenvalue weighted by molar-refractivity contribution is 7.22. The van der Waals surface area contributed by atoms with Crippen LogP contribution in [0.2, 0.25) is 5.02 Å². The van der Waals surface area contributed by atoms with Gasteiger partial charge < -0.3 is 9.84 Å². The van der Waals surface area contributed by atoms with Gasteiger partial charge in [-0.2, -0.15) is 0 Å². The molecule has 1 unspecified atom stereocenters. The quantitative estimate of drug-likeness (QED) is 0.236. The number of anilines is 1. The molecular weight excluding hydrogens is 460 g/mol. The average molecular weight is 477 g/mol. The topological polar surface area (TPSA) is 79.7 Å². The van der Waals surface area contributed by atoms with E-state index in [1.165, 1.54) is 16.2 Å². The molecule has 1 aromatic heterocycles. The number of Topliss-reactive ketones (excluding diaryl/α,β-unsaturated/α-hetero) is 1. The Labute approximate surface area is 198 Å². The average Bonchev–Trinajstić information content (AvgIpc) is 3.37. The number of fused-ring (bicyclic) bond motifs is 1. The van der Waals surface area contributed by atoms with E-state index in [0.717, 1.165) is 4.70 Å². The van der Waals surface area contributed by atoms with Crippen LogP contribution in [-0.2, 0) is 9.59 Å². The molecule has 1 saturated heterocycles. The van der Waals surface area contributed by atoms with Crippen LogP contribution in [0.4, 0.5) is 5.13 Å². The summed E-state index contributed by atoms with van der Waals surface area (Å²) >= 11 is 7.35. The van der Waals surface area contributed by atoms with Crippen LogP contribution in [0.25, 0.3) is 16.0 Å². The summed E-state index contributed by atoms with van der Waals surface area (Å²) < 4.78 is 6.10. The van der Waals surface area contributed by atoms with Crippen molar-refractivity contribution < 1.29 is 19.4 Å². The first kappa shape index (κ1) is 21.2. The number of ether oxygens (including phenoxy) is 1. The number of rotatable bonds is 4. The number of hydrogen-bond donors (Lipinski definition) is 1. The van der Waals surface area contributed by atoms with Gasteiger partial charge in [0.2, 0.25) is 0 Å². The Kier molecular flexibility index (Phi) is 5.36. The van der Waals surface area contributed by atoms with Gasteiger partial charge in [-0.15, -0.1) is 0 Å². The third-order valence-electron chi connectivity index (χ3n) is 5.47. The van der Waals surface area contributed by atoms with E-state index in [9.17, 15) is 14.7 Å². The standard InChI is InChI=1S/C25H17ClN2O4S/c1-32-17-11-12-18-19(13-17)33-25(27-18)28-21(14-7-9-16(26)10-8-14)20(23(30)24(28)31)22(29)15-5-3-2-4-6-15/h2-13,21,29H,1H3. The van der Waals surface area contributed by atoms with Crippen molar-refractivity contribution in [1.82, 2.24) is 4.98 Å². The van der Waals surface area contributed by atoms with Crippen molar-refractivity contribution in [2.45, 2.75) is 6.04 Å². The highest BCUT2D eigenvalue weighted by Gasteiger charge is 2.48. The van der Waals surface area contributed by atoms with Gasteiger partial charge in [0.1, 0.15) is 11.5 Å². The summed E-state index contributed by atoms with van der Waals surface area (Å²) in [5.41, 5.74) is 1.76. The normalized spacial score (nSPS) is 17.6. The maximum Gasteiger partial charge on any atom is 0.301 e. The molecule has 0 radical (unpaired) electrons. The van der Waals surface area contributed by atoms with Crippen molar-refractivity contribution in [2.24, 2.45) is 0 Å². The summed E-state index contributed by atoms with van der Waals surface area (Å²) in [6.07, 6.45) is 0. The van der Waals surface area contributed by atoms with E-state index in [1.807, 2.05) is 6.07 Å². The fourth-order valence-electron chi connectivity index (χ4n) is 3.86. The zero-order valence-electron chi connectivity index (χ0n) is 17.4. The van der Waals surface area contributed by atoms with E-state index in [-0.39, 0.29) is 11.3 Å². The molecule has 0 saturated carbocycles. The second kappa shape index (κ2) is 8.35. The predicted molar refractivity (Wildman–Crippen MR) is 129 cm³/mol. The van der Waals surface area contributed by atoms with Gasteiger partial charge in [-0.25, -0.2) is 4.98 Å². The van der Waals surface area contributed by atoms with Crippen LogP contribution >= 0.6 is 22.9 Å². The molecule has 0 bridgehead atoms. The minimum Gasteiger partial charge on any atom is -0.507 e. The Bertz CT molecular complexity index is 1410. The molecule has 1 amide bonds. The van der Waals surface area contributed by atoms with Crippen molar-refractivity contribution in [2.75, 3.05) is 12.0 Å². The lowest BCUT2D eigenvalue weighted by molar-refractivity contribution is -0.132.